The Bertz CT molecular complexity index is 360. The van der Waals surface area contributed by atoms with Crippen LogP contribution < -0.4 is 20.9 Å². The molecular formula is C9H18N6O. The van der Waals surface area contributed by atoms with Gasteiger partial charge in [-0.3, -0.25) is 5.01 Å². The van der Waals surface area contributed by atoms with Gasteiger partial charge in [0.25, 0.3) is 0 Å². The van der Waals surface area contributed by atoms with Crippen molar-refractivity contribution in [2.75, 3.05) is 24.5 Å². The highest BCUT2D eigenvalue weighted by Gasteiger charge is 2.14. The number of hydrazine groups is 1. The highest BCUT2D eigenvalue weighted by molar-refractivity contribution is 5.37. The van der Waals surface area contributed by atoms with E-state index < -0.39 is 0 Å². The monoisotopic (exact) mass is 226 g/mol. The van der Waals surface area contributed by atoms with Gasteiger partial charge in [0.15, 0.2) is 0 Å². The molecule has 0 aliphatic heterocycles. The molecule has 0 fully saturated rings. The van der Waals surface area contributed by atoms with Gasteiger partial charge in [0, 0.05) is 12.6 Å². The number of hydrogen-bond acceptors (Lipinski definition) is 7. The van der Waals surface area contributed by atoms with Gasteiger partial charge in [0.2, 0.25) is 11.9 Å². The topological polar surface area (TPSA) is 89.2 Å². The summed E-state index contributed by atoms with van der Waals surface area (Å²) in [5, 5.41) is 4.43. The van der Waals surface area contributed by atoms with E-state index in [1.807, 2.05) is 20.8 Å². The molecule has 1 heterocycles. The Labute approximate surface area is 95.0 Å². The van der Waals surface area contributed by atoms with E-state index >= 15 is 0 Å². The minimum absolute atomic E-state index is 0.142. The number of rotatable bonds is 3. The fourth-order valence-corrected chi connectivity index (χ4v) is 0.986. The minimum atomic E-state index is -0.142. The standard InChI is InChI=1S/C9H18N6O/c1-9(2,3)14-6-11-7(15(4)10)13-8(12-6)16-5/h10H2,1-5H3,(H,11,12,13,14). The van der Waals surface area contributed by atoms with Crippen LogP contribution in [0.1, 0.15) is 20.8 Å². The molecular weight excluding hydrogens is 208 g/mol. The van der Waals surface area contributed by atoms with Crippen molar-refractivity contribution in [3.63, 3.8) is 0 Å². The van der Waals surface area contributed by atoms with Crippen LogP contribution >= 0.6 is 0 Å². The van der Waals surface area contributed by atoms with E-state index in [1.165, 1.54) is 12.1 Å². The number of hydrogen-bond donors (Lipinski definition) is 2. The number of nitrogens with two attached hydrogens (primary N) is 1. The average molecular weight is 226 g/mol. The molecule has 0 bridgehead atoms. The zero-order valence-corrected chi connectivity index (χ0v) is 10.3. The van der Waals surface area contributed by atoms with Crippen LogP contribution in [0, 0.1) is 0 Å². The van der Waals surface area contributed by atoms with Crippen LogP contribution in [0.25, 0.3) is 0 Å². The molecule has 0 unspecified atom stereocenters. The smallest absolute Gasteiger partial charge is 0.322 e. The fraction of sp³-hybridized carbons (Fsp3) is 0.667. The van der Waals surface area contributed by atoms with Gasteiger partial charge in [-0.15, -0.1) is 0 Å². The lowest BCUT2D eigenvalue weighted by Crippen LogP contribution is -2.30. The summed E-state index contributed by atoms with van der Waals surface area (Å²) in [4.78, 5) is 12.2. The van der Waals surface area contributed by atoms with Crippen LogP contribution in [0.2, 0.25) is 0 Å². The lowest BCUT2D eigenvalue weighted by atomic mass is 10.1. The maximum atomic E-state index is 5.57. The molecule has 0 saturated carbocycles. The third-order valence-corrected chi connectivity index (χ3v) is 1.59. The van der Waals surface area contributed by atoms with Gasteiger partial charge in [-0.1, -0.05) is 0 Å². The van der Waals surface area contributed by atoms with Crippen molar-refractivity contribution >= 4 is 11.9 Å². The molecule has 0 radical (unpaired) electrons. The molecule has 1 rings (SSSR count). The molecule has 0 aliphatic rings. The summed E-state index contributed by atoms with van der Waals surface area (Å²) in [6.45, 7) is 6.03. The quantitative estimate of drug-likeness (QED) is 0.569. The first-order chi connectivity index (χ1) is 7.31. The maximum absolute atomic E-state index is 5.57. The Morgan fingerprint density at radius 1 is 1.25 bits per heavy atom. The predicted molar refractivity (Wildman–Crippen MR) is 62.3 cm³/mol. The molecule has 7 heteroatoms. The van der Waals surface area contributed by atoms with Gasteiger partial charge in [-0.25, -0.2) is 5.84 Å². The van der Waals surface area contributed by atoms with Crippen LogP contribution in [0.15, 0.2) is 0 Å². The fourth-order valence-electron chi connectivity index (χ4n) is 0.986. The Hall–Kier alpha value is -1.63. The van der Waals surface area contributed by atoms with Crippen molar-refractivity contribution in [1.82, 2.24) is 15.0 Å². The maximum Gasteiger partial charge on any atom is 0.322 e. The molecule has 0 spiro atoms. The first-order valence-electron chi connectivity index (χ1n) is 4.88. The Morgan fingerprint density at radius 2 is 1.88 bits per heavy atom. The van der Waals surface area contributed by atoms with E-state index in [0.29, 0.717) is 11.9 Å². The van der Waals surface area contributed by atoms with Gasteiger partial charge in [0.05, 0.1) is 7.11 Å². The Kier molecular flexibility index (Phi) is 3.48. The van der Waals surface area contributed by atoms with Crippen molar-refractivity contribution in [1.29, 1.82) is 0 Å². The number of ether oxygens (including phenoxy) is 1. The highest BCUT2D eigenvalue weighted by atomic mass is 16.5. The second-order valence-corrected chi connectivity index (χ2v) is 4.43. The van der Waals surface area contributed by atoms with Crippen LogP contribution in [0.3, 0.4) is 0 Å². The van der Waals surface area contributed by atoms with E-state index in [4.69, 9.17) is 10.6 Å². The van der Waals surface area contributed by atoms with E-state index in [2.05, 4.69) is 20.3 Å². The lowest BCUT2D eigenvalue weighted by Gasteiger charge is -2.21. The van der Waals surface area contributed by atoms with Crippen molar-refractivity contribution in [3.8, 4) is 6.01 Å². The number of anilines is 2. The summed E-state index contributed by atoms with van der Waals surface area (Å²) in [6.07, 6.45) is 0. The van der Waals surface area contributed by atoms with Gasteiger partial charge in [-0.05, 0) is 20.8 Å². The molecule has 7 nitrogen and oxygen atoms in total. The molecule has 0 saturated heterocycles. The van der Waals surface area contributed by atoms with E-state index in [-0.39, 0.29) is 11.5 Å². The summed E-state index contributed by atoms with van der Waals surface area (Å²) in [5.41, 5.74) is -0.142. The highest BCUT2D eigenvalue weighted by Crippen LogP contribution is 2.15. The Balaban J connectivity index is 3.04. The normalized spacial score (nSPS) is 11.1. The summed E-state index contributed by atoms with van der Waals surface area (Å²) >= 11 is 0. The first-order valence-corrected chi connectivity index (χ1v) is 4.88. The number of nitrogens with one attached hydrogen (secondary N) is 1. The second kappa shape index (κ2) is 4.48. The average Bonchev–Trinajstić information content (AvgIpc) is 2.14. The van der Waals surface area contributed by atoms with Crippen LogP contribution in [0.4, 0.5) is 11.9 Å². The van der Waals surface area contributed by atoms with Crippen molar-refractivity contribution < 1.29 is 4.74 Å². The minimum Gasteiger partial charge on any atom is -0.467 e. The van der Waals surface area contributed by atoms with Gasteiger partial charge < -0.3 is 10.1 Å². The van der Waals surface area contributed by atoms with Gasteiger partial charge in [-0.2, -0.15) is 15.0 Å². The van der Waals surface area contributed by atoms with Crippen molar-refractivity contribution in [2.24, 2.45) is 5.84 Å². The largest absolute Gasteiger partial charge is 0.467 e. The van der Waals surface area contributed by atoms with Crippen LogP contribution in [-0.4, -0.2) is 34.6 Å². The molecule has 0 atom stereocenters. The third kappa shape index (κ3) is 3.50. The molecule has 0 aromatic carbocycles. The molecule has 0 aliphatic carbocycles. The molecule has 90 valence electrons. The summed E-state index contributed by atoms with van der Waals surface area (Å²) in [7, 11) is 3.14. The summed E-state index contributed by atoms with van der Waals surface area (Å²) in [6, 6.07) is 0.231. The summed E-state index contributed by atoms with van der Waals surface area (Å²) < 4.78 is 4.98. The zero-order chi connectivity index (χ0) is 12.3. The lowest BCUT2D eigenvalue weighted by molar-refractivity contribution is 0.378. The van der Waals surface area contributed by atoms with Gasteiger partial charge in [0.1, 0.15) is 0 Å². The summed E-state index contributed by atoms with van der Waals surface area (Å²) in [5.74, 6) is 6.35. The second-order valence-electron chi connectivity index (χ2n) is 4.43. The number of methoxy groups -OCH3 is 1. The first kappa shape index (κ1) is 12.4. The Morgan fingerprint density at radius 3 is 2.31 bits per heavy atom. The molecule has 1 aromatic heterocycles. The zero-order valence-electron chi connectivity index (χ0n) is 10.3. The van der Waals surface area contributed by atoms with Gasteiger partial charge >= 0.3 is 6.01 Å². The van der Waals surface area contributed by atoms with E-state index in [1.54, 1.807) is 7.05 Å². The number of aromatic nitrogens is 3. The SMILES string of the molecule is COc1nc(NC(C)(C)C)nc(N(C)N)n1. The van der Waals surface area contributed by atoms with Crippen LogP contribution in [0.5, 0.6) is 6.01 Å². The van der Waals surface area contributed by atoms with E-state index in [9.17, 15) is 0 Å². The van der Waals surface area contributed by atoms with Crippen LogP contribution in [-0.2, 0) is 0 Å². The molecule has 1 aromatic rings. The van der Waals surface area contributed by atoms with Crippen molar-refractivity contribution in [3.05, 3.63) is 0 Å². The molecule has 16 heavy (non-hydrogen) atoms. The molecule has 0 amide bonds. The molecule has 3 N–H and O–H groups in total. The van der Waals surface area contributed by atoms with E-state index in [0.717, 1.165) is 0 Å². The number of nitrogens with zero attached hydrogens (tertiary/aromatic N) is 4. The van der Waals surface area contributed by atoms with Crippen molar-refractivity contribution in [2.45, 2.75) is 26.3 Å². The third-order valence-electron chi connectivity index (χ3n) is 1.59. The predicted octanol–water partition coefficient (Wildman–Crippen LogP) is 0.400.